The van der Waals surface area contributed by atoms with Gasteiger partial charge in [0.15, 0.2) is 0 Å². The SMILES string of the molecule is CCNCCNC(=O)CN(CC(=O)N(C)N1Cc2ccc(F)cc2C1)c1cc2cnn(CC(F)F)c2cc1C.Cl. The quantitative estimate of drug-likeness (QED) is 0.320. The predicted molar refractivity (Wildman–Crippen MR) is 150 cm³/mol. The van der Waals surface area contributed by atoms with E-state index in [1.54, 1.807) is 30.1 Å². The molecule has 2 heterocycles. The van der Waals surface area contributed by atoms with E-state index < -0.39 is 13.0 Å². The van der Waals surface area contributed by atoms with E-state index in [2.05, 4.69) is 15.7 Å². The van der Waals surface area contributed by atoms with Crippen molar-refractivity contribution >= 4 is 40.8 Å². The molecule has 0 unspecified atom stereocenters. The molecule has 0 saturated carbocycles. The van der Waals surface area contributed by atoms with E-state index in [0.29, 0.717) is 42.8 Å². The second kappa shape index (κ2) is 13.8. The Balaban J connectivity index is 0.00000441. The second-order valence-corrected chi connectivity index (χ2v) is 9.63. The molecule has 13 heteroatoms. The highest BCUT2D eigenvalue weighted by molar-refractivity contribution is 5.90. The Kier molecular flexibility index (Phi) is 10.8. The average molecular weight is 582 g/mol. The van der Waals surface area contributed by atoms with Crippen molar-refractivity contribution in [2.24, 2.45) is 0 Å². The number of rotatable bonds is 12. The van der Waals surface area contributed by atoms with Gasteiger partial charge >= 0.3 is 0 Å². The summed E-state index contributed by atoms with van der Waals surface area (Å²) in [7, 11) is 1.66. The number of aromatic nitrogens is 2. The lowest BCUT2D eigenvalue weighted by Gasteiger charge is -2.32. The van der Waals surface area contributed by atoms with E-state index >= 15 is 0 Å². The van der Waals surface area contributed by atoms with Crippen LogP contribution in [0.25, 0.3) is 10.9 Å². The monoisotopic (exact) mass is 581 g/mol. The van der Waals surface area contributed by atoms with Crippen LogP contribution in [0.5, 0.6) is 0 Å². The van der Waals surface area contributed by atoms with Crippen molar-refractivity contribution in [2.75, 3.05) is 44.7 Å². The maximum Gasteiger partial charge on any atom is 0.257 e. The van der Waals surface area contributed by atoms with Gasteiger partial charge in [-0.05, 0) is 54.4 Å². The number of halogens is 4. The molecule has 2 amide bonds. The number of carbonyl (C=O) groups excluding carboxylic acids is 2. The third-order valence-electron chi connectivity index (χ3n) is 6.80. The van der Waals surface area contributed by atoms with E-state index in [1.807, 2.05) is 18.9 Å². The Morgan fingerprint density at radius 3 is 2.58 bits per heavy atom. The molecule has 0 spiro atoms. The number of hydrogen-bond donors (Lipinski definition) is 2. The zero-order valence-electron chi connectivity index (χ0n) is 22.8. The number of benzene rings is 2. The summed E-state index contributed by atoms with van der Waals surface area (Å²) < 4.78 is 40.9. The molecule has 2 aromatic carbocycles. The summed E-state index contributed by atoms with van der Waals surface area (Å²) in [5.74, 6) is -0.824. The minimum absolute atomic E-state index is 0. The number of fused-ring (bicyclic) bond motifs is 2. The Morgan fingerprint density at radius 2 is 1.85 bits per heavy atom. The van der Waals surface area contributed by atoms with Crippen molar-refractivity contribution in [3.8, 4) is 0 Å². The first-order valence-corrected chi connectivity index (χ1v) is 12.9. The smallest absolute Gasteiger partial charge is 0.257 e. The Hall–Kier alpha value is -3.35. The Morgan fingerprint density at radius 1 is 1.10 bits per heavy atom. The van der Waals surface area contributed by atoms with Crippen LogP contribution in [-0.2, 0) is 29.2 Å². The normalized spacial score (nSPS) is 12.9. The average Bonchev–Trinajstić information content (AvgIpc) is 3.48. The van der Waals surface area contributed by atoms with Crippen LogP contribution in [0.3, 0.4) is 0 Å². The lowest BCUT2D eigenvalue weighted by Crippen LogP contribution is -2.48. The molecule has 2 N–H and O–H groups in total. The minimum Gasteiger partial charge on any atom is -0.353 e. The zero-order chi connectivity index (χ0) is 28.1. The minimum atomic E-state index is -2.54. The molecule has 0 radical (unpaired) electrons. The maximum absolute atomic E-state index is 13.7. The summed E-state index contributed by atoms with van der Waals surface area (Å²) in [4.78, 5) is 28.0. The molecule has 9 nitrogen and oxygen atoms in total. The number of likely N-dealkylation sites (N-methyl/N-ethyl adjacent to an activating group) is 2. The lowest BCUT2D eigenvalue weighted by molar-refractivity contribution is -0.145. The summed E-state index contributed by atoms with van der Waals surface area (Å²) >= 11 is 0. The molecule has 1 aliphatic rings. The van der Waals surface area contributed by atoms with Gasteiger partial charge in [-0.2, -0.15) is 5.10 Å². The zero-order valence-corrected chi connectivity index (χ0v) is 23.6. The molecule has 4 rings (SSSR count). The maximum atomic E-state index is 13.7. The highest BCUT2D eigenvalue weighted by Crippen LogP contribution is 2.28. The van der Waals surface area contributed by atoms with Gasteiger partial charge in [-0.3, -0.25) is 19.3 Å². The first-order chi connectivity index (χ1) is 18.7. The lowest BCUT2D eigenvalue weighted by atomic mass is 10.1. The molecular formula is C27H35ClF3N7O2. The summed E-state index contributed by atoms with van der Waals surface area (Å²) in [6.45, 7) is 5.80. The van der Waals surface area contributed by atoms with Gasteiger partial charge in [0.05, 0.1) is 24.8 Å². The Bertz CT molecular complexity index is 1340. The van der Waals surface area contributed by atoms with Gasteiger partial charge in [0.25, 0.3) is 12.3 Å². The molecule has 218 valence electrons. The van der Waals surface area contributed by atoms with Crippen molar-refractivity contribution < 1.29 is 22.8 Å². The van der Waals surface area contributed by atoms with Crippen LogP contribution in [0.15, 0.2) is 36.5 Å². The van der Waals surface area contributed by atoms with E-state index in [-0.39, 0.29) is 43.1 Å². The molecule has 0 fully saturated rings. The van der Waals surface area contributed by atoms with Crippen molar-refractivity contribution in [1.29, 1.82) is 0 Å². The van der Waals surface area contributed by atoms with Crippen LogP contribution < -0.4 is 15.5 Å². The first-order valence-electron chi connectivity index (χ1n) is 12.9. The first kappa shape index (κ1) is 31.2. The van der Waals surface area contributed by atoms with E-state index in [4.69, 9.17) is 0 Å². The van der Waals surface area contributed by atoms with Gasteiger partial charge in [0.2, 0.25) is 5.91 Å². The number of nitrogens with zero attached hydrogens (tertiary/aromatic N) is 5. The molecule has 3 aromatic rings. The molecule has 0 aliphatic carbocycles. The van der Waals surface area contributed by atoms with E-state index in [1.165, 1.54) is 28.0 Å². The second-order valence-electron chi connectivity index (χ2n) is 9.63. The Labute approximate surface area is 237 Å². The number of nitrogens with one attached hydrogen (secondary N) is 2. The highest BCUT2D eigenvalue weighted by atomic mass is 35.5. The van der Waals surface area contributed by atoms with Crippen LogP contribution in [0, 0.1) is 12.7 Å². The third kappa shape index (κ3) is 7.43. The number of aryl methyl sites for hydroxylation is 1. The van der Waals surface area contributed by atoms with Gasteiger partial charge < -0.3 is 15.5 Å². The predicted octanol–water partition coefficient (Wildman–Crippen LogP) is 3.09. The molecule has 0 saturated heterocycles. The summed E-state index contributed by atoms with van der Waals surface area (Å²) in [6, 6.07) is 8.12. The van der Waals surface area contributed by atoms with Crippen molar-refractivity contribution in [2.45, 2.75) is 39.9 Å². The molecule has 0 atom stereocenters. The molecular weight excluding hydrogens is 547 g/mol. The van der Waals surface area contributed by atoms with Crippen LogP contribution >= 0.6 is 12.4 Å². The van der Waals surface area contributed by atoms with Gasteiger partial charge in [0, 0.05) is 44.3 Å². The topological polar surface area (TPSA) is 85.7 Å². The van der Waals surface area contributed by atoms with Gasteiger partial charge in [-0.25, -0.2) is 18.2 Å². The number of carbonyl (C=O) groups is 2. The summed E-state index contributed by atoms with van der Waals surface area (Å²) in [5, 5.41) is 14.0. The van der Waals surface area contributed by atoms with Crippen molar-refractivity contribution in [3.63, 3.8) is 0 Å². The van der Waals surface area contributed by atoms with Crippen molar-refractivity contribution in [1.82, 2.24) is 30.4 Å². The molecule has 0 bridgehead atoms. The van der Waals surface area contributed by atoms with Gasteiger partial charge in [-0.1, -0.05) is 13.0 Å². The van der Waals surface area contributed by atoms with Gasteiger partial charge in [-0.15, -0.1) is 12.4 Å². The standard InChI is InChI=1S/C27H34F3N7O2.ClH/c1-4-31-7-8-32-26(38)16-35(23-11-20-12-33-37(15-25(29)30)24(20)9-18(23)2)17-27(39)34(3)36-13-19-5-6-22(28)10-21(19)14-36;/h5-6,9-12,25,31H,4,7-8,13-17H2,1-3H3,(H,32,38);1H. The fourth-order valence-corrected chi connectivity index (χ4v) is 4.74. The number of hydrazine groups is 1. The number of hydrogen-bond acceptors (Lipinski definition) is 6. The van der Waals surface area contributed by atoms with Crippen LogP contribution in [0.2, 0.25) is 0 Å². The number of alkyl halides is 2. The molecule has 1 aliphatic heterocycles. The highest BCUT2D eigenvalue weighted by Gasteiger charge is 2.27. The van der Waals surface area contributed by atoms with Crippen LogP contribution in [-0.4, -0.2) is 77.8 Å². The fourth-order valence-electron chi connectivity index (χ4n) is 4.74. The van der Waals surface area contributed by atoms with Gasteiger partial charge in [0.1, 0.15) is 12.4 Å². The van der Waals surface area contributed by atoms with Crippen molar-refractivity contribution in [3.05, 3.63) is 59.0 Å². The fraction of sp³-hybridized carbons (Fsp3) is 0.444. The third-order valence-corrected chi connectivity index (χ3v) is 6.80. The summed E-state index contributed by atoms with van der Waals surface area (Å²) in [6.07, 6.45) is -1.04. The van der Waals surface area contributed by atoms with E-state index in [9.17, 15) is 22.8 Å². The number of anilines is 1. The summed E-state index contributed by atoms with van der Waals surface area (Å²) in [5.41, 5.74) is 3.69. The molecule has 40 heavy (non-hydrogen) atoms. The van der Waals surface area contributed by atoms with E-state index in [0.717, 1.165) is 23.2 Å². The number of amides is 2. The molecule has 1 aromatic heterocycles. The largest absolute Gasteiger partial charge is 0.353 e. The van der Waals surface area contributed by atoms with Crippen LogP contribution in [0.4, 0.5) is 18.9 Å². The van der Waals surface area contributed by atoms with Crippen LogP contribution in [0.1, 0.15) is 23.6 Å².